The highest BCUT2D eigenvalue weighted by Gasteiger charge is 2.49. The fourth-order valence-corrected chi connectivity index (χ4v) is 2.41. The summed E-state index contributed by atoms with van der Waals surface area (Å²) in [5, 5.41) is 3.53. The van der Waals surface area contributed by atoms with E-state index in [9.17, 15) is 0 Å². The molecule has 3 aliphatic rings. The first kappa shape index (κ1) is 6.62. The molecular formula is C8H16N2. The summed E-state index contributed by atoms with van der Waals surface area (Å²) in [7, 11) is 2.24. The summed E-state index contributed by atoms with van der Waals surface area (Å²) in [6.07, 6.45) is 1.44. The predicted octanol–water partition coefficient (Wildman–Crippen LogP) is 0.298. The Balaban J connectivity index is 1.92. The average molecular weight is 140 g/mol. The van der Waals surface area contributed by atoms with Crippen molar-refractivity contribution >= 4 is 0 Å². The molecular weight excluding hydrogens is 124 g/mol. The van der Waals surface area contributed by atoms with E-state index in [1.54, 1.807) is 0 Å². The fraction of sp³-hybridized carbons (Fsp3) is 1.00. The quantitative estimate of drug-likeness (QED) is 0.593. The lowest BCUT2D eigenvalue weighted by Crippen LogP contribution is -2.52. The van der Waals surface area contributed by atoms with E-state index in [4.69, 9.17) is 0 Å². The van der Waals surface area contributed by atoms with Crippen LogP contribution in [-0.2, 0) is 0 Å². The van der Waals surface area contributed by atoms with Crippen LogP contribution in [0.5, 0.6) is 0 Å². The number of hydrogen-bond donors (Lipinski definition) is 1. The van der Waals surface area contributed by atoms with Gasteiger partial charge in [-0.2, -0.15) is 0 Å². The first-order chi connectivity index (χ1) is 4.83. The van der Waals surface area contributed by atoms with Gasteiger partial charge in [-0.3, -0.25) is 0 Å². The highest BCUT2D eigenvalue weighted by atomic mass is 15.2. The SMILES string of the molecule is CCNC1C2CC1N(C)C2. The third kappa shape index (κ3) is 0.722. The lowest BCUT2D eigenvalue weighted by molar-refractivity contribution is 0.204. The Morgan fingerprint density at radius 1 is 1.60 bits per heavy atom. The van der Waals surface area contributed by atoms with Crippen LogP contribution in [0.2, 0.25) is 0 Å². The molecule has 2 heteroatoms. The molecule has 3 unspecified atom stereocenters. The minimum absolute atomic E-state index is 0.829. The van der Waals surface area contributed by atoms with Gasteiger partial charge in [-0.05, 0) is 25.9 Å². The molecule has 1 N–H and O–H groups in total. The molecule has 3 fully saturated rings. The molecule has 0 aromatic rings. The van der Waals surface area contributed by atoms with Gasteiger partial charge in [0.2, 0.25) is 0 Å². The van der Waals surface area contributed by atoms with Crippen LogP contribution in [0, 0.1) is 5.92 Å². The van der Waals surface area contributed by atoms with Gasteiger partial charge in [0.15, 0.2) is 0 Å². The molecule has 2 aliphatic heterocycles. The maximum absolute atomic E-state index is 3.53. The standard InChI is InChI=1S/C8H16N2/c1-3-9-8-6-4-7(8)10(2)5-6/h6-9H,3-5H2,1-2H3. The molecule has 3 atom stereocenters. The van der Waals surface area contributed by atoms with E-state index >= 15 is 0 Å². The van der Waals surface area contributed by atoms with E-state index in [2.05, 4.69) is 24.2 Å². The van der Waals surface area contributed by atoms with Gasteiger partial charge >= 0.3 is 0 Å². The molecule has 1 aliphatic carbocycles. The van der Waals surface area contributed by atoms with E-state index < -0.39 is 0 Å². The second-order valence-corrected chi connectivity index (χ2v) is 3.59. The summed E-state index contributed by atoms with van der Waals surface area (Å²) >= 11 is 0. The molecule has 0 aromatic carbocycles. The van der Waals surface area contributed by atoms with Crippen LogP contribution in [0.3, 0.4) is 0 Å². The van der Waals surface area contributed by atoms with Crippen molar-refractivity contribution in [1.29, 1.82) is 0 Å². The molecule has 2 heterocycles. The molecule has 58 valence electrons. The third-order valence-electron chi connectivity index (χ3n) is 3.00. The van der Waals surface area contributed by atoms with E-state index in [0.29, 0.717) is 0 Å². The Bertz CT molecular complexity index is 135. The summed E-state index contributed by atoms with van der Waals surface area (Å²) < 4.78 is 0. The summed E-state index contributed by atoms with van der Waals surface area (Å²) in [6.45, 7) is 4.64. The smallest absolute Gasteiger partial charge is 0.0264 e. The van der Waals surface area contributed by atoms with Crippen LogP contribution >= 0.6 is 0 Å². The van der Waals surface area contributed by atoms with Gasteiger partial charge in [-0.25, -0.2) is 0 Å². The first-order valence-electron chi connectivity index (χ1n) is 4.26. The third-order valence-corrected chi connectivity index (χ3v) is 3.00. The Morgan fingerprint density at radius 2 is 2.40 bits per heavy atom. The molecule has 0 aromatic heterocycles. The number of rotatable bonds is 2. The maximum Gasteiger partial charge on any atom is 0.0264 e. The second kappa shape index (κ2) is 2.21. The van der Waals surface area contributed by atoms with Gasteiger partial charge in [0.1, 0.15) is 0 Å². The van der Waals surface area contributed by atoms with E-state index in [1.165, 1.54) is 13.0 Å². The zero-order valence-corrected chi connectivity index (χ0v) is 6.80. The number of fused-ring (bicyclic) bond motifs is 1. The molecule has 1 saturated carbocycles. The summed E-state index contributed by atoms with van der Waals surface area (Å²) in [4.78, 5) is 2.48. The number of hydrogen-bond acceptors (Lipinski definition) is 2. The van der Waals surface area contributed by atoms with Gasteiger partial charge in [0.05, 0.1) is 0 Å². The first-order valence-corrected chi connectivity index (χ1v) is 4.26. The van der Waals surface area contributed by atoms with Gasteiger partial charge in [-0.1, -0.05) is 6.92 Å². The van der Waals surface area contributed by atoms with E-state index in [0.717, 1.165) is 24.5 Å². The summed E-state index contributed by atoms with van der Waals surface area (Å²) in [5.41, 5.74) is 0. The van der Waals surface area contributed by atoms with Crippen molar-refractivity contribution in [3.05, 3.63) is 0 Å². The number of likely N-dealkylation sites (N-methyl/N-ethyl adjacent to an activating group) is 2. The second-order valence-electron chi connectivity index (χ2n) is 3.59. The van der Waals surface area contributed by atoms with Crippen molar-refractivity contribution in [2.45, 2.75) is 25.4 Å². The zero-order valence-electron chi connectivity index (χ0n) is 6.80. The van der Waals surface area contributed by atoms with Crippen LogP contribution < -0.4 is 5.32 Å². The van der Waals surface area contributed by atoms with Gasteiger partial charge in [0.25, 0.3) is 0 Å². The highest BCUT2D eigenvalue weighted by molar-refractivity contribution is 5.07. The minimum Gasteiger partial charge on any atom is -0.312 e. The van der Waals surface area contributed by atoms with Crippen molar-refractivity contribution in [3.63, 3.8) is 0 Å². The van der Waals surface area contributed by atoms with E-state index in [1.807, 2.05) is 0 Å². The Morgan fingerprint density at radius 3 is 2.80 bits per heavy atom. The van der Waals surface area contributed by atoms with Crippen LogP contribution in [0.25, 0.3) is 0 Å². The van der Waals surface area contributed by atoms with Crippen LogP contribution in [0.4, 0.5) is 0 Å². The Hall–Kier alpha value is -0.0800. The Labute approximate surface area is 62.6 Å². The summed E-state index contributed by atoms with van der Waals surface area (Å²) in [6, 6.07) is 1.69. The monoisotopic (exact) mass is 140 g/mol. The maximum atomic E-state index is 3.53. The molecule has 2 nitrogen and oxygen atoms in total. The molecule has 2 saturated heterocycles. The van der Waals surface area contributed by atoms with Crippen LogP contribution in [0.1, 0.15) is 13.3 Å². The fourth-order valence-electron chi connectivity index (χ4n) is 2.41. The molecule has 10 heavy (non-hydrogen) atoms. The van der Waals surface area contributed by atoms with Crippen molar-refractivity contribution in [2.75, 3.05) is 20.1 Å². The number of nitrogens with zero attached hydrogens (tertiary/aromatic N) is 1. The highest BCUT2D eigenvalue weighted by Crippen LogP contribution is 2.39. The lowest BCUT2D eigenvalue weighted by atomic mass is 9.80. The topological polar surface area (TPSA) is 15.3 Å². The molecule has 0 spiro atoms. The van der Waals surface area contributed by atoms with Gasteiger partial charge in [-0.15, -0.1) is 0 Å². The van der Waals surface area contributed by atoms with Gasteiger partial charge < -0.3 is 10.2 Å². The predicted molar refractivity (Wildman–Crippen MR) is 42.0 cm³/mol. The van der Waals surface area contributed by atoms with Crippen molar-refractivity contribution in [1.82, 2.24) is 10.2 Å². The van der Waals surface area contributed by atoms with Crippen molar-refractivity contribution < 1.29 is 0 Å². The molecule has 2 bridgehead atoms. The Kier molecular flexibility index (Phi) is 1.46. The number of nitrogens with one attached hydrogen (secondary N) is 1. The van der Waals surface area contributed by atoms with E-state index in [-0.39, 0.29) is 0 Å². The van der Waals surface area contributed by atoms with Crippen LogP contribution in [-0.4, -0.2) is 37.1 Å². The summed E-state index contributed by atoms with van der Waals surface area (Å²) in [5.74, 6) is 0.968. The molecule has 0 amide bonds. The molecule has 0 radical (unpaired) electrons. The van der Waals surface area contributed by atoms with Gasteiger partial charge in [0, 0.05) is 18.6 Å². The van der Waals surface area contributed by atoms with Crippen molar-refractivity contribution in [2.24, 2.45) is 5.92 Å². The lowest BCUT2D eigenvalue weighted by Gasteiger charge is -2.36. The molecule has 3 rings (SSSR count). The largest absolute Gasteiger partial charge is 0.312 e. The average Bonchev–Trinajstić information content (AvgIpc) is 2.37. The normalized spacial score (nSPS) is 45.6. The van der Waals surface area contributed by atoms with Crippen LogP contribution in [0.15, 0.2) is 0 Å². The zero-order chi connectivity index (χ0) is 7.14. The van der Waals surface area contributed by atoms with Crippen molar-refractivity contribution in [3.8, 4) is 0 Å². The minimum atomic E-state index is 0.829.